The predicted octanol–water partition coefficient (Wildman–Crippen LogP) is 4.53. The molecule has 344 valence electrons. The van der Waals surface area contributed by atoms with Gasteiger partial charge in [-0.1, -0.05) is 92.7 Å². The van der Waals surface area contributed by atoms with Crippen LogP contribution in [0.2, 0.25) is 0 Å². The summed E-state index contributed by atoms with van der Waals surface area (Å²) in [6.45, 7) is 9.57. The van der Waals surface area contributed by atoms with Gasteiger partial charge in [-0.2, -0.15) is 0 Å². The zero-order chi connectivity index (χ0) is 47.2. The third kappa shape index (κ3) is 8.19. The second-order valence-corrected chi connectivity index (χ2v) is 18.2. The highest BCUT2D eigenvalue weighted by Gasteiger charge is 2.78. The molecule has 0 aromatic heterocycles. The van der Waals surface area contributed by atoms with Gasteiger partial charge in [-0.3, -0.25) is 19.2 Å². The summed E-state index contributed by atoms with van der Waals surface area (Å²) in [5.74, 6) is -6.85. The van der Waals surface area contributed by atoms with Crippen LogP contribution in [-0.2, 0) is 47.7 Å². The van der Waals surface area contributed by atoms with E-state index in [1.165, 1.54) is 26.0 Å². The molecule has 0 radical (unpaired) electrons. The number of carbonyl (C=O) groups is 6. The number of nitrogens with one attached hydrogen (secondary N) is 1. The van der Waals surface area contributed by atoms with Gasteiger partial charge in [-0.15, -0.1) is 0 Å². The highest BCUT2D eigenvalue weighted by Crippen LogP contribution is 2.64. The average molecular weight is 894 g/mol. The summed E-state index contributed by atoms with van der Waals surface area (Å²) in [6, 6.07) is 23.9. The van der Waals surface area contributed by atoms with Crippen molar-refractivity contribution in [2.45, 2.75) is 115 Å². The van der Waals surface area contributed by atoms with E-state index in [4.69, 9.17) is 23.7 Å². The van der Waals surface area contributed by atoms with Crippen molar-refractivity contribution < 1.29 is 67.8 Å². The van der Waals surface area contributed by atoms with Gasteiger partial charge in [0.05, 0.1) is 35.6 Å². The monoisotopic (exact) mass is 893 g/mol. The molecular weight excluding hydrogens is 839 g/mol. The maximum Gasteiger partial charge on any atom is 0.338 e. The molecule has 11 atom stereocenters. The lowest BCUT2D eigenvalue weighted by atomic mass is 9.44. The van der Waals surface area contributed by atoms with E-state index in [1.54, 1.807) is 75.4 Å². The summed E-state index contributed by atoms with van der Waals surface area (Å²) in [4.78, 5) is 84.0. The maximum atomic E-state index is 15.5. The Morgan fingerprint density at radius 2 is 1.45 bits per heavy atom. The van der Waals surface area contributed by atoms with E-state index < -0.39 is 113 Å². The van der Waals surface area contributed by atoms with E-state index in [1.807, 2.05) is 30.3 Å². The van der Waals surface area contributed by atoms with Crippen LogP contribution in [0.3, 0.4) is 0 Å². The number of rotatable bonds is 11. The standard InChI is InChI=1S/C50H55NO14/c1-27(23-31-17-11-8-12-18-31)44(57)51-38(32-19-13-9-14-20-32)39(55)46(59)63-34-25-50(60)43(64-45(58)33-21-15-10-16-22-33)41-48(7,35(54)24-36-49(41,26-61-36)65-30(4)53)42(56)40(62-29(3)52)37(28(34)2)47(50,5)6/h8-23,34-36,38-41,43,54-55,60H,24-26H2,1-7H3,(H,51,57)/b27-23+/t34-,35-,36+,38?,39?,40+,41-,43-,48+,49-,50+/m0/s1. The molecule has 2 bridgehead atoms. The van der Waals surface area contributed by atoms with Crippen LogP contribution >= 0.6 is 0 Å². The molecule has 4 aliphatic rings. The van der Waals surface area contributed by atoms with E-state index >= 15 is 4.79 Å². The van der Waals surface area contributed by atoms with Crippen molar-refractivity contribution in [3.05, 3.63) is 124 Å². The SMILES string of the molecule is CC(=O)O[C@H]1C(=O)[C@@]2(C)[C@H]([C@H](OC(=O)c3ccccc3)[C@]3(O)C[C@H](OC(=O)C(O)C(NC(=O)/C(C)=C/c4ccccc4)c4ccccc4)C(C)=C1C3(C)C)[C@]1(OC(C)=O)CO[C@@H]1C[C@@H]2O. The minimum absolute atomic E-state index is 0.00511. The van der Waals surface area contributed by atoms with E-state index in [0.717, 1.165) is 19.4 Å². The maximum absolute atomic E-state index is 15.5. The molecule has 15 nitrogen and oxygen atoms in total. The Hall–Kier alpha value is -6.00. The predicted molar refractivity (Wildman–Crippen MR) is 232 cm³/mol. The molecule has 15 heteroatoms. The van der Waals surface area contributed by atoms with Crippen LogP contribution in [0, 0.1) is 16.7 Å². The summed E-state index contributed by atoms with van der Waals surface area (Å²) >= 11 is 0. The highest BCUT2D eigenvalue weighted by atomic mass is 16.6. The quantitative estimate of drug-likeness (QED) is 0.0900. The molecule has 1 saturated heterocycles. The molecule has 1 aliphatic heterocycles. The minimum Gasteiger partial charge on any atom is -0.456 e. The smallest absolute Gasteiger partial charge is 0.338 e. The Bertz CT molecular complexity index is 2420. The Morgan fingerprint density at radius 1 is 0.846 bits per heavy atom. The van der Waals surface area contributed by atoms with Crippen LogP contribution in [0.15, 0.2) is 108 Å². The van der Waals surface area contributed by atoms with Crippen molar-refractivity contribution in [3.8, 4) is 0 Å². The van der Waals surface area contributed by atoms with Gasteiger partial charge in [0.25, 0.3) is 0 Å². The topological polar surface area (TPSA) is 221 Å². The van der Waals surface area contributed by atoms with E-state index in [0.29, 0.717) is 5.56 Å². The van der Waals surface area contributed by atoms with Crippen molar-refractivity contribution >= 4 is 41.6 Å². The minimum atomic E-state index is -2.40. The summed E-state index contributed by atoms with van der Waals surface area (Å²) in [7, 11) is 0. The molecule has 2 unspecified atom stereocenters. The van der Waals surface area contributed by atoms with Crippen molar-refractivity contribution in [1.29, 1.82) is 0 Å². The van der Waals surface area contributed by atoms with Crippen LogP contribution < -0.4 is 5.32 Å². The third-order valence-corrected chi connectivity index (χ3v) is 14.0. The van der Waals surface area contributed by atoms with Crippen LogP contribution in [0.25, 0.3) is 6.08 Å². The summed E-state index contributed by atoms with van der Waals surface area (Å²) in [6.07, 6.45) is -8.91. The highest BCUT2D eigenvalue weighted by molar-refractivity contribution is 5.98. The van der Waals surface area contributed by atoms with Crippen molar-refractivity contribution in [2.75, 3.05) is 6.61 Å². The van der Waals surface area contributed by atoms with Gasteiger partial charge < -0.3 is 44.3 Å². The molecule has 3 fully saturated rings. The van der Waals surface area contributed by atoms with Crippen molar-refractivity contribution in [1.82, 2.24) is 5.32 Å². The van der Waals surface area contributed by atoms with Crippen LogP contribution in [0.5, 0.6) is 0 Å². The molecule has 3 aromatic rings. The number of fused-ring (bicyclic) bond motifs is 5. The van der Waals surface area contributed by atoms with Gasteiger partial charge in [-0.25, -0.2) is 9.59 Å². The zero-order valence-corrected chi connectivity index (χ0v) is 37.3. The molecule has 1 heterocycles. The average Bonchev–Trinajstić information content (AvgIpc) is 3.26. The van der Waals surface area contributed by atoms with Crippen LogP contribution in [-0.4, -0.2) is 105 Å². The van der Waals surface area contributed by atoms with Crippen LogP contribution in [0.4, 0.5) is 0 Å². The summed E-state index contributed by atoms with van der Waals surface area (Å²) < 4.78 is 30.4. The number of carbonyl (C=O) groups excluding carboxylic acids is 6. The Kier molecular flexibility index (Phi) is 12.8. The van der Waals surface area contributed by atoms with Crippen molar-refractivity contribution in [2.24, 2.45) is 16.7 Å². The second-order valence-electron chi connectivity index (χ2n) is 18.2. The first-order valence-corrected chi connectivity index (χ1v) is 21.6. The normalized spacial score (nSPS) is 31.2. The zero-order valence-electron chi connectivity index (χ0n) is 37.3. The lowest BCUT2D eigenvalue weighted by Gasteiger charge is -2.67. The number of benzene rings is 3. The molecule has 4 N–H and O–H groups in total. The van der Waals surface area contributed by atoms with Gasteiger partial charge in [0, 0.05) is 37.7 Å². The number of ether oxygens (including phenoxy) is 5. The number of esters is 4. The molecule has 0 spiro atoms. The first-order valence-electron chi connectivity index (χ1n) is 21.6. The van der Waals surface area contributed by atoms with E-state index in [2.05, 4.69) is 5.32 Å². The van der Waals surface area contributed by atoms with Crippen LogP contribution in [0.1, 0.15) is 88.8 Å². The number of aliphatic hydroxyl groups excluding tert-OH is 2. The number of hydrogen-bond donors (Lipinski definition) is 4. The van der Waals surface area contributed by atoms with E-state index in [-0.39, 0.29) is 35.3 Å². The Morgan fingerprint density at radius 3 is 2.02 bits per heavy atom. The molecular formula is C50H55NO14. The number of aliphatic hydroxyl groups is 3. The molecule has 3 aliphatic carbocycles. The van der Waals surface area contributed by atoms with Gasteiger partial charge >= 0.3 is 23.9 Å². The molecule has 3 aromatic carbocycles. The third-order valence-electron chi connectivity index (χ3n) is 14.0. The fraction of sp³-hybridized carbons (Fsp3) is 0.440. The van der Waals surface area contributed by atoms with Crippen molar-refractivity contribution in [3.63, 3.8) is 0 Å². The Labute approximate surface area is 376 Å². The second kappa shape index (κ2) is 17.8. The van der Waals surface area contributed by atoms with Gasteiger partial charge in [0.1, 0.15) is 23.9 Å². The number of Topliss-reactive ketones (excluding diaryl/α,β-unsaturated/α-hetero) is 1. The molecule has 2 saturated carbocycles. The van der Waals surface area contributed by atoms with Gasteiger partial charge in [0.2, 0.25) is 5.91 Å². The van der Waals surface area contributed by atoms with Gasteiger partial charge in [-0.05, 0) is 61.3 Å². The molecule has 1 amide bonds. The largest absolute Gasteiger partial charge is 0.456 e. The van der Waals surface area contributed by atoms with Gasteiger partial charge in [0.15, 0.2) is 23.6 Å². The first kappa shape index (κ1) is 47.0. The fourth-order valence-electron chi connectivity index (χ4n) is 10.5. The number of amides is 1. The lowest BCUT2D eigenvalue weighted by molar-refractivity contribution is -0.346. The first-order chi connectivity index (χ1) is 30.7. The number of ketones is 1. The van der Waals surface area contributed by atoms with E-state index in [9.17, 15) is 39.3 Å². The molecule has 65 heavy (non-hydrogen) atoms. The fourth-order valence-corrected chi connectivity index (χ4v) is 10.5. The molecule has 7 rings (SSSR count). The summed E-state index contributed by atoms with van der Waals surface area (Å²) in [5.41, 5.74) is -6.29. The number of hydrogen-bond acceptors (Lipinski definition) is 14. The Balaban J connectivity index is 1.36. The lowest BCUT2D eigenvalue weighted by Crippen LogP contribution is -2.82. The summed E-state index contributed by atoms with van der Waals surface area (Å²) in [5, 5.41) is 40.5.